The number of hydroxylamine groups is 2. The Labute approximate surface area is 134 Å². The topological polar surface area (TPSA) is 76.1 Å². The molecule has 0 aliphatic rings. The second-order valence-corrected chi connectivity index (χ2v) is 10.2. The molecule has 0 fully saturated rings. The minimum atomic E-state index is -3.50. The van der Waals surface area contributed by atoms with E-state index < -0.39 is 36.2 Å². The highest BCUT2D eigenvalue weighted by Gasteiger charge is 2.48. The first-order valence-corrected chi connectivity index (χ1v) is 9.45. The third-order valence-electron chi connectivity index (χ3n) is 3.30. The molecule has 0 aromatic carbocycles. The fraction of sp³-hybridized carbons (Fsp3) is 0.933. The Morgan fingerprint density at radius 3 is 1.95 bits per heavy atom. The van der Waals surface area contributed by atoms with Crippen molar-refractivity contribution in [3.63, 3.8) is 0 Å². The summed E-state index contributed by atoms with van der Waals surface area (Å²) in [5.41, 5.74) is -1.07. The minimum Gasteiger partial charge on any atom is -0.467 e. The van der Waals surface area contributed by atoms with Gasteiger partial charge in [0.1, 0.15) is 5.78 Å². The summed E-state index contributed by atoms with van der Waals surface area (Å²) in [6.45, 7) is 14.6. The van der Waals surface area contributed by atoms with Gasteiger partial charge in [-0.05, 0) is 33.1 Å². The number of carbonyl (C=O) groups excluding carboxylic acids is 1. The zero-order chi connectivity index (χ0) is 17.9. The first kappa shape index (κ1) is 21.6. The Morgan fingerprint density at radius 1 is 1.23 bits per heavy atom. The Hall–Kier alpha value is -0.420. The molecule has 1 N–H and O–H groups in total. The summed E-state index contributed by atoms with van der Waals surface area (Å²) in [4.78, 5) is 27.9. The molecule has 0 saturated carbocycles. The number of carbonyl (C=O) groups is 1. The maximum Gasteiger partial charge on any atom is 0.336 e. The lowest BCUT2D eigenvalue weighted by atomic mass is 9.94. The van der Waals surface area contributed by atoms with Gasteiger partial charge in [0.25, 0.3) is 0 Å². The first-order chi connectivity index (χ1) is 9.68. The molecule has 0 bridgehead atoms. The third kappa shape index (κ3) is 5.65. The van der Waals surface area contributed by atoms with Crippen LogP contribution in [0.5, 0.6) is 0 Å². The van der Waals surface area contributed by atoms with Crippen molar-refractivity contribution in [1.82, 2.24) is 5.06 Å². The Morgan fingerprint density at radius 2 is 1.68 bits per heavy atom. The minimum absolute atomic E-state index is 0.136. The molecule has 0 amide bonds. The van der Waals surface area contributed by atoms with Crippen molar-refractivity contribution >= 4 is 13.3 Å². The van der Waals surface area contributed by atoms with E-state index in [0.717, 1.165) is 0 Å². The summed E-state index contributed by atoms with van der Waals surface area (Å²) in [7, 11) is -2.22. The van der Waals surface area contributed by atoms with E-state index in [1.165, 1.54) is 12.2 Å². The van der Waals surface area contributed by atoms with E-state index in [1.54, 1.807) is 13.8 Å². The highest BCUT2D eigenvalue weighted by molar-refractivity contribution is 7.58. The van der Waals surface area contributed by atoms with Crippen LogP contribution in [-0.2, 0) is 18.9 Å². The molecule has 132 valence electrons. The molecule has 0 aliphatic carbocycles. The predicted octanol–water partition coefficient (Wildman–Crippen LogP) is 3.24. The molecule has 0 aromatic heterocycles. The van der Waals surface area contributed by atoms with E-state index in [2.05, 4.69) is 4.74 Å². The van der Waals surface area contributed by atoms with Gasteiger partial charge >= 0.3 is 5.97 Å². The number of esters is 1. The van der Waals surface area contributed by atoms with Crippen molar-refractivity contribution in [3.05, 3.63) is 0 Å². The molecule has 0 aromatic rings. The van der Waals surface area contributed by atoms with Gasteiger partial charge in [-0.15, -0.1) is 0 Å². The zero-order valence-corrected chi connectivity index (χ0v) is 16.2. The number of hydrogen-bond acceptors (Lipinski definition) is 5. The maximum atomic E-state index is 12.8. The van der Waals surface area contributed by atoms with E-state index in [0.29, 0.717) is 0 Å². The summed E-state index contributed by atoms with van der Waals surface area (Å²) < 4.78 is 17.4. The van der Waals surface area contributed by atoms with Crippen LogP contribution in [0.2, 0.25) is 0 Å². The van der Waals surface area contributed by atoms with Crippen molar-refractivity contribution in [1.29, 1.82) is 0 Å². The Bertz CT molecular complexity index is 425. The Kier molecular flexibility index (Phi) is 7.29. The average molecular weight is 337 g/mol. The lowest BCUT2D eigenvalue weighted by Crippen LogP contribution is -2.55. The second kappa shape index (κ2) is 7.43. The lowest BCUT2D eigenvalue weighted by Gasteiger charge is -2.47. The molecule has 3 atom stereocenters. The highest BCUT2D eigenvalue weighted by Crippen LogP contribution is 2.55. The number of methoxy groups -OCH3 is 1. The van der Waals surface area contributed by atoms with Gasteiger partial charge in [-0.3, -0.25) is 9.40 Å². The van der Waals surface area contributed by atoms with Crippen LogP contribution in [0.3, 0.4) is 0 Å². The summed E-state index contributed by atoms with van der Waals surface area (Å²) >= 11 is 0. The van der Waals surface area contributed by atoms with Crippen LogP contribution in [0.15, 0.2) is 0 Å². The fourth-order valence-corrected chi connectivity index (χ4v) is 4.54. The SMILES string of the molecule is CCP(=O)(O)C(N(OC(C)C(=O)OC)C(C)(C)C)C(C)(C)C. The molecule has 0 saturated heterocycles. The molecular formula is C15H32NO5P. The molecule has 3 unspecified atom stereocenters. The zero-order valence-electron chi connectivity index (χ0n) is 15.3. The summed E-state index contributed by atoms with van der Waals surface area (Å²) in [6, 6.07) is 0. The van der Waals surface area contributed by atoms with Gasteiger partial charge < -0.3 is 9.63 Å². The quantitative estimate of drug-likeness (QED) is 0.455. The van der Waals surface area contributed by atoms with E-state index in [-0.39, 0.29) is 6.16 Å². The Balaban J connectivity index is 5.83. The van der Waals surface area contributed by atoms with Crippen molar-refractivity contribution in [3.8, 4) is 0 Å². The van der Waals surface area contributed by atoms with Gasteiger partial charge in [0.2, 0.25) is 7.37 Å². The van der Waals surface area contributed by atoms with Crippen LogP contribution in [0.25, 0.3) is 0 Å². The van der Waals surface area contributed by atoms with Crippen molar-refractivity contribution in [2.24, 2.45) is 5.41 Å². The van der Waals surface area contributed by atoms with E-state index >= 15 is 0 Å². The van der Waals surface area contributed by atoms with Crippen LogP contribution in [0.4, 0.5) is 0 Å². The van der Waals surface area contributed by atoms with Crippen LogP contribution < -0.4 is 0 Å². The van der Waals surface area contributed by atoms with Gasteiger partial charge in [0.15, 0.2) is 6.10 Å². The predicted molar refractivity (Wildman–Crippen MR) is 87.8 cm³/mol. The van der Waals surface area contributed by atoms with Crippen molar-refractivity contribution in [2.45, 2.75) is 72.8 Å². The molecule has 6 nitrogen and oxygen atoms in total. The number of ether oxygens (including phenoxy) is 1. The highest BCUT2D eigenvalue weighted by atomic mass is 31.2. The smallest absolute Gasteiger partial charge is 0.336 e. The van der Waals surface area contributed by atoms with Crippen LogP contribution in [0, 0.1) is 5.41 Å². The van der Waals surface area contributed by atoms with Crippen molar-refractivity contribution < 1.29 is 23.8 Å². The van der Waals surface area contributed by atoms with Gasteiger partial charge in [0.05, 0.1) is 7.11 Å². The molecule has 0 spiro atoms. The summed E-state index contributed by atoms with van der Waals surface area (Å²) in [5.74, 6) is -1.26. The van der Waals surface area contributed by atoms with E-state index in [4.69, 9.17) is 4.84 Å². The number of rotatable bonds is 6. The standard InChI is InChI=1S/C15H32NO5P/c1-10-22(18,19)13(14(3,4)5)16(15(6,7)8)21-11(2)12(17)20-9/h11,13H,10H2,1-9H3,(H,18,19). The molecule has 0 rings (SSSR count). The van der Waals surface area contributed by atoms with Gasteiger partial charge in [-0.1, -0.05) is 27.7 Å². The van der Waals surface area contributed by atoms with Crippen LogP contribution in [-0.4, -0.2) is 46.6 Å². The van der Waals surface area contributed by atoms with Crippen LogP contribution in [0.1, 0.15) is 55.4 Å². The number of nitrogens with zero attached hydrogens (tertiary/aromatic N) is 1. The maximum absolute atomic E-state index is 12.8. The monoisotopic (exact) mass is 337 g/mol. The first-order valence-electron chi connectivity index (χ1n) is 7.54. The second-order valence-electron chi connectivity index (χ2n) is 7.58. The third-order valence-corrected chi connectivity index (χ3v) is 5.95. The number of hydrogen-bond donors (Lipinski definition) is 1. The molecular weight excluding hydrogens is 305 g/mol. The lowest BCUT2D eigenvalue weighted by molar-refractivity contribution is -0.261. The fourth-order valence-electron chi connectivity index (χ4n) is 2.26. The summed E-state index contributed by atoms with van der Waals surface area (Å²) in [5, 5.41) is 1.50. The van der Waals surface area contributed by atoms with Crippen LogP contribution >= 0.6 is 7.37 Å². The molecule has 22 heavy (non-hydrogen) atoms. The van der Waals surface area contributed by atoms with E-state index in [9.17, 15) is 14.3 Å². The van der Waals surface area contributed by atoms with Crippen molar-refractivity contribution in [2.75, 3.05) is 13.3 Å². The average Bonchev–Trinajstić information content (AvgIpc) is 2.33. The van der Waals surface area contributed by atoms with E-state index in [1.807, 2.05) is 41.5 Å². The van der Waals surface area contributed by atoms with Gasteiger partial charge in [0, 0.05) is 11.7 Å². The molecule has 0 radical (unpaired) electrons. The normalized spacial score (nSPS) is 18.7. The largest absolute Gasteiger partial charge is 0.467 e. The molecule has 0 heterocycles. The summed E-state index contributed by atoms with van der Waals surface area (Å²) in [6.07, 6.45) is -0.719. The molecule has 7 heteroatoms. The van der Waals surface area contributed by atoms with Gasteiger partial charge in [-0.2, -0.15) is 5.06 Å². The van der Waals surface area contributed by atoms with Gasteiger partial charge in [-0.25, -0.2) is 4.79 Å². The molecule has 0 aliphatic heterocycles.